The number of hydrogen-bond donors (Lipinski definition) is 1. The van der Waals surface area contributed by atoms with Crippen LogP contribution in [0.4, 0.5) is 8.78 Å². The van der Waals surface area contributed by atoms with E-state index in [4.69, 9.17) is 18.8 Å². The van der Waals surface area contributed by atoms with Gasteiger partial charge in [-0.2, -0.15) is 17.2 Å². The lowest BCUT2D eigenvalue weighted by Gasteiger charge is -2.65. The van der Waals surface area contributed by atoms with Crippen LogP contribution in [0.2, 0.25) is 0 Å². The van der Waals surface area contributed by atoms with Crippen molar-refractivity contribution in [1.29, 1.82) is 0 Å². The molecule has 2 atom stereocenters. The van der Waals surface area contributed by atoms with Crippen molar-refractivity contribution in [2.24, 2.45) is 74.9 Å². The lowest BCUT2D eigenvalue weighted by Crippen LogP contribution is -2.62. The molecule has 14 heteroatoms. The third-order valence-electron chi connectivity index (χ3n) is 16.7. The second kappa shape index (κ2) is 12.4. The van der Waals surface area contributed by atoms with Crippen LogP contribution in [0.3, 0.4) is 0 Å². The molecule has 300 valence electrons. The van der Waals surface area contributed by atoms with E-state index >= 15 is 0 Å². The lowest BCUT2D eigenvalue weighted by atomic mass is 9.49. The first-order valence-corrected chi connectivity index (χ1v) is 24.1. The smallest absolute Gasteiger partial charge is 0.402 e. The Kier molecular flexibility index (Phi) is 8.57. The standard InChI is InChI=1S/C40H54F2O9S3/c41-39(42,54(46,47)48)20-51-34(45)38-15-29-7-30(16-38)40(31(8-29)17-38)52-21-35(22-53-40,18-49-32(43)36-9-23-1-24(10-36)3-25(2-23)11-36)19-50-33(44)37-12-26-4-27(13-37)6-28(5-26)14-37/h23-31H,1-22H2,(H,46,47,48). The normalized spacial score (nSPS) is 49.4. The molecular formula is C40H54F2O9S3. The van der Waals surface area contributed by atoms with Gasteiger partial charge in [0.05, 0.1) is 25.7 Å². The first-order valence-electron chi connectivity index (χ1n) is 20.7. The molecule has 0 aromatic rings. The third kappa shape index (κ3) is 5.87. The summed E-state index contributed by atoms with van der Waals surface area (Å²) in [6.07, 6.45) is 16.4. The minimum Gasteiger partial charge on any atom is -0.464 e. The molecule has 13 rings (SSSR count). The zero-order valence-corrected chi connectivity index (χ0v) is 33.4. The summed E-state index contributed by atoms with van der Waals surface area (Å²) >= 11 is 3.72. The highest BCUT2D eigenvalue weighted by Gasteiger charge is 2.68. The van der Waals surface area contributed by atoms with E-state index in [-0.39, 0.29) is 57.8 Å². The highest BCUT2D eigenvalue weighted by molar-refractivity contribution is 8.18. The lowest BCUT2D eigenvalue weighted by molar-refractivity contribution is -0.180. The summed E-state index contributed by atoms with van der Waals surface area (Å²) in [6, 6.07) is 0. The fourth-order valence-electron chi connectivity index (χ4n) is 15.3. The van der Waals surface area contributed by atoms with Gasteiger partial charge in [0.25, 0.3) is 0 Å². The molecule has 2 unspecified atom stereocenters. The Balaban J connectivity index is 0.855. The highest BCUT2D eigenvalue weighted by atomic mass is 32.2. The van der Waals surface area contributed by atoms with Gasteiger partial charge in [-0.15, -0.1) is 23.5 Å². The van der Waals surface area contributed by atoms with Crippen molar-refractivity contribution in [3.63, 3.8) is 0 Å². The molecule has 12 saturated carbocycles. The topological polar surface area (TPSA) is 133 Å². The minimum absolute atomic E-state index is 0.0571. The molecule has 1 spiro atoms. The van der Waals surface area contributed by atoms with Gasteiger partial charge in [-0.05, 0) is 162 Å². The van der Waals surface area contributed by atoms with Gasteiger partial charge in [0.15, 0.2) is 6.61 Å². The monoisotopic (exact) mass is 812 g/mol. The zero-order valence-electron chi connectivity index (χ0n) is 30.9. The van der Waals surface area contributed by atoms with Crippen molar-refractivity contribution < 1.29 is 50.3 Å². The van der Waals surface area contributed by atoms with Gasteiger partial charge in [-0.25, -0.2) is 0 Å². The van der Waals surface area contributed by atoms with Crippen LogP contribution in [0.25, 0.3) is 0 Å². The van der Waals surface area contributed by atoms with Crippen LogP contribution in [0.1, 0.15) is 109 Å². The van der Waals surface area contributed by atoms with Gasteiger partial charge in [-0.1, -0.05) is 0 Å². The van der Waals surface area contributed by atoms with Gasteiger partial charge in [0.2, 0.25) is 0 Å². The number of halogens is 2. The maximum atomic E-state index is 14.1. The molecule has 12 aliphatic carbocycles. The van der Waals surface area contributed by atoms with Crippen molar-refractivity contribution in [3.8, 4) is 0 Å². The Hall–Kier alpha value is -1.12. The van der Waals surface area contributed by atoms with Crippen molar-refractivity contribution >= 4 is 51.5 Å². The maximum absolute atomic E-state index is 14.1. The quantitative estimate of drug-likeness (QED) is 0.134. The predicted octanol–water partition coefficient (Wildman–Crippen LogP) is 7.52. The van der Waals surface area contributed by atoms with Crippen LogP contribution in [0, 0.1) is 74.9 Å². The average molecular weight is 813 g/mol. The van der Waals surface area contributed by atoms with Crippen LogP contribution < -0.4 is 0 Å². The SMILES string of the molecule is O=C(OCC1(COC(=O)C23CC4CC(CC(C4)C2)C3)CSC2(SC1)C1CC3CC2CC(C(=O)OCC(F)(F)S(=O)(=O)O)(C3)C1)C12CC3CC(CC(C3)C1)C2. The minimum atomic E-state index is -5.71. The highest BCUT2D eigenvalue weighted by Crippen LogP contribution is 2.73. The molecule has 13 fully saturated rings. The Morgan fingerprint density at radius 3 is 1.28 bits per heavy atom. The second-order valence-corrected chi connectivity index (χ2v) is 25.0. The summed E-state index contributed by atoms with van der Waals surface area (Å²) in [5, 5.41) is -4.57. The van der Waals surface area contributed by atoms with E-state index in [1.54, 1.807) is 0 Å². The molecule has 0 radical (unpaired) electrons. The molecule has 54 heavy (non-hydrogen) atoms. The van der Waals surface area contributed by atoms with E-state index in [9.17, 15) is 31.6 Å². The maximum Gasteiger partial charge on any atom is 0.402 e. The first-order chi connectivity index (χ1) is 25.5. The first kappa shape index (κ1) is 37.2. The number of carbonyl (C=O) groups excluding carboxylic acids is 3. The van der Waals surface area contributed by atoms with Crippen LogP contribution >= 0.6 is 23.5 Å². The average Bonchev–Trinajstić information content (AvgIpc) is 3.09. The molecule has 1 heterocycles. The number of rotatable bonds is 10. The van der Waals surface area contributed by atoms with E-state index in [1.165, 1.54) is 38.5 Å². The Labute approximate surface area is 325 Å². The van der Waals surface area contributed by atoms with Gasteiger partial charge in [-0.3, -0.25) is 18.9 Å². The van der Waals surface area contributed by atoms with Crippen molar-refractivity contribution in [3.05, 3.63) is 0 Å². The summed E-state index contributed by atoms with van der Waals surface area (Å²) in [5.74, 6) is 4.61. The zero-order chi connectivity index (χ0) is 37.5. The molecule has 9 nitrogen and oxygen atoms in total. The van der Waals surface area contributed by atoms with Gasteiger partial charge >= 0.3 is 33.3 Å². The molecule has 0 aromatic carbocycles. The number of ether oxygens (including phenoxy) is 3. The van der Waals surface area contributed by atoms with E-state index in [1.807, 2.05) is 23.5 Å². The Morgan fingerprint density at radius 2 is 0.907 bits per heavy atom. The Bertz CT molecular complexity index is 1560. The summed E-state index contributed by atoms with van der Waals surface area (Å²) < 4.78 is 77.0. The van der Waals surface area contributed by atoms with Gasteiger partial charge < -0.3 is 14.2 Å². The van der Waals surface area contributed by atoms with Crippen molar-refractivity contribution in [2.75, 3.05) is 31.3 Å². The number of esters is 3. The van der Waals surface area contributed by atoms with Gasteiger partial charge in [0, 0.05) is 11.5 Å². The van der Waals surface area contributed by atoms with Crippen LogP contribution in [-0.4, -0.2) is 71.5 Å². The fourth-order valence-corrected chi connectivity index (χ4v) is 19.6. The summed E-state index contributed by atoms with van der Waals surface area (Å²) in [4.78, 5) is 41.7. The fraction of sp³-hybridized carbons (Fsp3) is 0.925. The van der Waals surface area contributed by atoms with Crippen LogP contribution in [0.15, 0.2) is 0 Å². The molecule has 12 bridgehead atoms. The van der Waals surface area contributed by atoms with E-state index in [0.717, 1.165) is 51.4 Å². The summed E-state index contributed by atoms with van der Waals surface area (Å²) in [7, 11) is -5.71. The summed E-state index contributed by atoms with van der Waals surface area (Å²) in [6.45, 7) is -1.27. The largest absolute Gasteiger partial charge is 0.464 e. The summed E-state index contributed by atoms with van der Waals surface area (Å²) in [5.41, 5.74) is -2.26. The Morgan fingerprint density at radius 1 is 0.574 bits per heavy atom. The van der Waals surface area contributed by atoms with Gasteiger partial charge in [0.1, 0.15) is 13.2 Å². The number of thioether (sulfide) groups is 2. The number of alkyl halides is 2. The molecule has 1 aliphatic heterocycles. The van der Waals surface area contributed by atoms with Crippen molar-refractivity contribution in [2.45, 2.75) is 118 Å². The number of carbonyl (C=O) groups is 3. The van der Waals surface area contributed by atoms with Crippen LogP contribution in [0.5, 0.6) is 0 Å². The molecule has 1 N–H and O–H groups in total. The predicted molar refractivity (Wildman–Crippen MR) is 197 cm³/mol. The third-order valence-corrected chi connectivity index (χ3v) is 22.0. The molecule has 0 amide bonds. The second-order valence-electron chi connectivity index (χ2n) is 20.7. The number of hydrogen-bond acceptors (Lipinski definition) is 10. The van der Waals surface area contributed by atoms with E-state index < -0.39 is 38.8 Å². The molecular weight excluding hydrogens is 759 g/mol. The van der Waals surface area contributed by atoms with Crippen LogP contribution in [-0.2, 0) is 38.7 Å². The molecule has 1 saturated heterocycles. The molecule has 0 aromatic heterocycles. The van der Waals surface area contributed by atoms with Crippen molar-refractivity contribution in [1.82, 2.24) is 0 Å². The molecule has 13 aliphatic rings. The van der Waals surface area contributed by atoms with E-state index in [0.29, 0.717) is 66.3 Å². The van der Waals surface area contributed by atoms with E-state index in [2.05, 4.69) is 0 Å².